The molecule has 0 saturated carbocycles. The highest BCUT2D eigenvalue weighted by atomic mass is 32.2. The molecule has 0 aliphatic carbocycles. The number of Topliss-reactive ketones (excluding diaryl/α,β-unsaturated/α-hetero) is 1. The van der Waals surface area contributed by atoms with E-state index in [2.05, 4.69) is 6.92 Å². The van der Waals surface area contributed by atoms with E-state index in [1.165, 1.54) is 4.90 Å². The van der Waals surface area contributed by atoms with Crippen LogP contribution in [0.5, 0.6) is 0 Å². The maximum Gasteiger partial charge on any atom is 0.188 e. The molecule has 0 aliphatic rings. The highest BCUT2D eigenvalue weighted by molar-refractivity contribution is 7.99. The second-order valence-corrected chi connectivity index (χ2v) is 5.08. The molecule has 0 aromatic heterocycles. The average molecular weight is 238 g/mol. The van der Waals surface area contributed by atoms with Gasteiger partial charge in [0.15, 0.2) is 5.78 Å². The van der Waals surface area contributed by atoms with E-state index >= 15 is 0 Å². The predicted molar refractivity (Wildman–Crippen MR) is 68.3 cm³/mol. The summed E-state index contributed by atoms with van der Waals surface area (Å²) in [5.41, 5.74) is 0.723. The van der Waals surface area contributed by atoms with E-state index in [0.29, 0.717) is 0 Å². The van der Waals surface area contributed by atoms with E-state index in [9.17, 15) is 4.79 Å². The summed E-state index contributed by atoms with van der Waals surface area (Å²) >= 11 is 1.77. The Hall–Kier alpha value is -0.800. The Morgan fingerprint density at radius 2 is 1.94 bits per heavy atom. The van der Waals surface area contributed by atoms with Crippen LogP contribution in [0.4, 0.5) is 0 Å². The van der Waals surface area contributed by atoms with Gasteiger partial charge in [0.05, 0.1) is 6.10 Å². The zero-order valence-electron chi connectivity index (χ0n) is 10.0. The molecule has 1 aromatic rings. The molecule has 1 rings (SSSR count). The van der Waals surface area contributed by atoms with Gasteiger partial charge in [-0.3, -0.25) is 4.79 Å². The van der Waals surface area contributed by atoms with Crippen LogP contribution >= 0.6 is 11.8 Å². The van der Waals surface area contributed by atoms with Gasteiger partial charge in [0.1, 0.15) is 6.61 Å². The summed E-state index contributed by atoms with van der Waals surface area (Å²) in [6.45, 7) is 6.13. The number of benzene rings is 1. The lowest BCUT2D eigenvalue weighted by molar-refractivity contribution is 0.0585. The van der Waals surface area contributed by atoms with Gasteiger partial charge in [-0.15, -0.1) is 11.8 Å². The molecule has 0 heterocycles. The number of rotatable bonds is 6. The van der Waals surface area contributed by atoms with Crippen molar-refractivity contribution >= 4 is 17.5 Å². The van der Waals surface area contributed by atoms with E-state index < -0.39 is 0 Å². The molecular weight excluding hydrogens is 220 g/mol. The molecular formula is C13H18O2S. The summed E-state index contributed by atoms with van der Waals surface area (Å²) in [7, 11) is 0. The van der Waals surface area contributed by atoms with Gasteiger partial charge in [0.2, 0.25) is 0 Å². The minimum Gasteiger partial charge on any atom is -0.371 e. The van der Waals surface area contributed by atoms with Crippen LogP contribution in [-0.2, 0) is 4.74 Å². The second-order valence-electron chi connectivity index (χ2n) is 3.74. The van der Waals surface area contributed by atoms with Crippen molar-refractivity contribution in [2.75, 3.05) is 12.4 Å². The number of ketones is 1. The van der Waals surface area contributed by atoms with Crippen molar-refractivity contribution in [2.45, 2.75) is 31.8 Å². The minimum absolute atomic E-state index is 0.0433. The van der Waals surface area contributed by atoms with Crippen LogP contribution < -0.4 is 0 Å². The van der Waals surface area contributed by atoms with Gasteiger partial charge in [-0.2, -0.15) is 0 Å². The zero-order chi connectivity index (χ0) is 12.0. The maximum absolute atomic E-state index is 11.7. The SMILES string of the molecule is CCSc1ccc(C(=O)COC(C)C)cc1. The maximum atomic E-state index is 11.7. The van der Waals surface area contributed by atoms with Crippen molar-refractivity contribution in [3.63, 3.8) is 0 Å². The quantitative estimate of drug-likeness (QED) is 0.561. The van der Waals surface area contributed by atoms with Gasteiger partial charge in [-0.05, 0) is 31.7 Å². The van der Waals surface area contributed by atoms with E-state index in [0.717, 1.165) is 11.3 Å². The van der Waals surface area contributed by atoms with Crippen molar-refractivity contribution in [1.29, 1.82) is 0 Å². The van der Waals surface area contributed by atoms with Crippen molar-refractivity contribution < 1.29 is 9.53 Å². The molecule has 0 radical (unpaired) electrons. The summed E-state index contributed by atoms with van der Waals surface area (Å²) in [6, 6.07) is 7.70. The van der Waals surface area contributed by atoms with Crippen molar-refractivity contribution in [3.05, 3.63) is 29.8 Å². The molecule has 0 unspecified atom stereocenters. The molecule has 0 aliphatic heterocycles. The number of hydrogen-bond donors (Lipinski definition) is 0. The number of carbonyl (C=O) groups is 1. The van der Waals surface area contributed by atoms with Crippen LogP contribution in [0, 0.1) is 0 Å². The van der Waals surface area contributed by atoms with Gasteiger partial charge >= 0.3 is 0 Å². The topological polar surface area (TPSA) is 26.3 Å². The fourth-order valence-corrected chi connectivity index (χ4v) is 1.89. The molecule has 3 heteroatoms. The molecule has 88 valence electrons. The van der Waals surface area contributed by atoms with Gasteiger partial charge in [-0.25, -0.2) is 0 Å². The molecule has 0 saturated heterocycles. The van der Waals surface area contributed by atoms with Gasteiger partial charge < -0.3 is 4.74 Å². The first-order valence-electron chi connectivity index (χ1n) is 5.51. The minimum atomic E-state index is 0.0433. The lowest BCUT2D eigenvalue weighted by Crippen LogP contribution is -2.13. The highest BCUT2D eigenvalue weighted by Crippen LogP contribution is 2.17. The van der Waals surface area contributed by atoms with E-state index in [1.54, 1.807) is 11.8 Å². The van der Waals surface area contributed by atoms with E-state index in [-0.39, 0.29) is 18.5 Å². The monoisotopic (exact) mass is 238 g/mol. The smallest absolute Gasteiger partial charge is 0.188 e. The third-order valence-corrected chi connectivity index (χ3v) is 2.93. The van der Waals surface area contributed by atoms with Gasteiger partial charge in [0.25, 0.3) is 0 Å². The van der Waals surface area contributed by atoms with Crippen molar-refractivity contribution in [2.24, 2.45) is 0 Å². The van der Waals surface area contributed by atoms with Crippen molar-refractivity contribution in [3.8, 4) is 0 Å². The third kappa shape index (κ3) is 4.37. The predicted octanol–water partition coefficient (Wildman–Crippen LogP) is 3.41. The van der Waals surface area contributed by atoms with Crippen LogP contribution in [-0.4, -0.2) is 24.2 Å². The Bertz CT molecular complexity index is 330. The fraction of sp³-hybridized carbons (Fsp3) is 0.462. The van der Waals surface area contributed by atoms with Crippen LogP contribution in [0.3, 0.4) is 0 Å². The number of thioether (sulfide) groups is 1. The van der Waals surface area contributed by atoms with Crippen LogP contribution in [0.15, 0.2) is 29.2 Å². The fourth-order valence-electron chi connectivity index (χ4n) is 1.23. The van der Waals surface area contributed by atoms with E-state index in [1.807, 2.05) is 38.1 Å². The molecule has 2 nitrogen and oxygen atoms in total. The summed E-state index contributed by atoms with van der Waals surface area (Å²) in [6.07, 6.45) is 0.0962. The highest BCUT2D eigenvalue weighted by Gasteiger charge is 2.06. The summed E-state index contributed by atoms with van der Waals surface area (Å²) in [4.78, 5) is 12.9. The Kier molecular flexibility index (Phi) is 5.56. The first-order chi connectivity index (χ1) is 7.63. The molecule has 0 atom stereocenters. The first kappa shape index (κ1) is 13.3. The van der Waals surface area contributed by atoms with Gasteiger partial charge in [0, 0.05) is 10.5 Å². The molecule has 1 aromatic carbocycles. The normalized spacial score (nSPS) is 10.8. The largest absolute Gasteiger partial charge is 0.371 e. The van der Waals surface area contributed by atoms with Gasteiger partial charge in [-0.1, -0.05) is 19.1 Å². The summed E-state index contributed by atoms with van der Waals surface area (Å²) in [5.74, 6) is 1.09. The standard InChI is InChI=1S/C13H18O2S/c1-4-16-12-7-5-11(6-8-12)13(14)9-15-10(2)3/h5-8,10H,4,9H2,1-3H3. The number of carbonyl (C=O) groups excluding carboxylic acids is 1. The summed E-state index contributed by atoms with van der Waals surface area (Å²) < 4.78 is 5.28. The number of hydrogen-bond acceptors (Lipinski definition) is 3. The third-order valence-electron chi connectivity index (χ3n) is 2.04. The summed E-state index contributed by atoms with van der Waals surface area (Å²) in [5, 5.41) is 0. The Morgan fingerprint density at radius 1 is 1.31 bits per heavy atom. The molecule has 0 spiro atoms. The number of ether oxygens (including phenoxy) is 1. The second kappa shape index (κ2) is 6.71. The van der Waals surface area contributed by atoms with Crippen LogP contribution in [0.25, 0.3) is 0 Å². The molecule has 0 N–H and O–H groups in total. The zero-order valence-corrected chi connectivity index (χ0v) is 10.8. The molecule has 0 amide bonds. The van der Waals surface area contributed by atoms with Crippen LogP contribution in [0.1, 0.15) is 31.1 Å². The van der Waals surface area contributed by atoms with Crippen LogP contribution in [0.2, 0.25) is 0 Å². The molecule has 0 fully saturated rings. The van der Waals surface area contributed by atoms with Crippen molar-refractivity contribution in [1.82, 2.24) is 0 Å². The Labute approximate surface area is 101 Å². The molecule has 0 bridgehead atoms. The Morgan fingerprint density at radius 3 is 2.44 bits per heavy atom. The first-order valence-corrected chi connectivity index (χ1v) is 6.49. The lowest BCUT2D eigenvalue weighted by Gasteiger charge is -2.06. The Balaban J connectivity index is 2.56. The lowest BCUT2D eigenvalue weighted by atomic mass is 10.1. The van der Waals surface area contributed by atoms with E-state index in [4.69, 9.17) is 4.74 Å². The molecule has 16 heavy (non-hydrogen) atoms. The average Bonchev–Trinajstić information content (AvgIpc) is 2.27.